The first-order chi connectivity index (χ1) is 13.8. The highest BCUT2D eigenvalue weighted by molar-refractivity contribution is 7.78. The maximum absolute atomic E-state index is 10.5. The van der Waals surface area contributed by atoms with Crippen LogP contribution in [0.15, 0.2) is 35.4 Å². The van der Waals surface area contributed by atoms with Gasteiger partial charge < -0.3 is 19.7 Å². The molecule has 0 saturated carbocycles. The maximum Gasteiger partial charge on any atom is 0.164 e. The number of aromatic hydroxyl groups is 2. The highest BCUT2D eigenvalue weighted by Gasteiger charge is 2.19. The maximum atomic E-state index is 10.5. The van der Waals surface area contributed by atoms with Crippen molar-refractivity contribution in [3.8, 4) is 11.5 Å². The lowest BCUT2D eigenvalue weighted by molar-refractivity contribution is 0.445. The first-order valence-electron chi connectivity index (χ1n) is 9.41. The van der Waals surface area contributed by atoms with E-state index in [1.54, 1.807) is 6.07 Å². The molecule has 1 aromatic heterocycles. The van der Waals surface area contributed by atoms with Gasteiger partial charge in [-0.25, -0.2) is 0 Å². The van der Waals surface area contributed by atoms with E-state index in [0.29, 0.717) is 17.8 Å². The Morgan fingerprint density at radius 2 is 1.93 bits per heavy atom. The van der Waals surface area contributed by atoms with Crippen molar-refractivity contribution in [1.82, 2.24) is 9.99 Å². The van der Waals surface area contributed by atoms with Gasteiger partial charge in [-0.2, -0.15) is 5.10 Å². The molecule has 0 aliphatic heterocycles. The van der Waals surface area contributed by atoms with E-state index in [1.165, 1.54) is 28.2 Å². The number of anilines is 1. The Balaban J connectivity index is 2.14. The molecule has 0 unspecified atom stereocenters. The summed E-state index contributed by atoms with van der Waals surface area (Å²) in [6.45, 7) is 6.17. The van der Waals surface area contributed by atoms with Crippen molar-refractivity contribution in [2.45, 2.75) is 27.2 Å². The van der Waals surface area contributed by atoms with Crippen molar-refractivity contribution < 1.29 is 10.2 Å². The fourth-order valence-electron chi connectivity index (χ4n) is 3.56. The highest BCUT2D eigenvalue weighted by Crippen LogP contribution is 2.32. The molecule has 152 valence electrons. The number of aryl methyl sites for hydroxylation is 3. The Labute approximate surface area is 176 Å². The number of amidine groups is 1. The molecular weight excluding hydrogens is 384 g/mol. The second-order valence-corrected chi connectivity index (χ2v) is 7.30. The van der Waals surface area contributed by atoms with Crippen molar-refractivity contribution in [2.24, 2.45) is 12.1 Å². The highest BCUT2D eigenvalue weighted by atomic mass is 32.1. The summed E-state index contributed by atoms with van der Waals surface area (Å²) in [4.78, 5) is 1.89. The average molecular weight is 411 g/mol. The third-order valence-electron chi connectivity index (χ3n) is 5.54. The molecule has 3 rings (SSSR count). The van der Waals surface area contributed by atoms with Gasteiger partial charge in [-0.3, -0.25) is 5.43 Å². The van der Waals surface area contributed by atoms with Gasteiger partial charge in [-0.05, 0) is 55.7 Å². The minimum atomic E-state index is -0.0516. The molecule has 3 N–H and O–H groups in total. The Morgan fingerprint density at radius 3 is 2.59 bits per heavy atom. The van der Waals surface area contributed by atoms with E-state index in [0.717, 1.165) is 16.8 Å². The van der Waals surface area contributed by atoms with Crippen LogP contribution in [-0.4, -0.2) is 33.2 Å². The fraction of sp³-hybridized carbons (Fsp3) is 0.273. The van der Waals surface area contributed by atoms with Crippen molar-refractivity contribution in [1.29, 1.82) is 0 Å². The minimum absolute atomic E-state index is 0.0516. The largest absolute Gasteiger partial charge is 0.508 e. The quantitative estimate of drug-likeness (QED) is 0.255. The normalized spacial score (nSPS) is 11.7. The number of phenols is 2. The number of hydrazone groups is 1. The first kappa shape index (κ1) is 20.7. The number of aromatic nitrogens is 1. The summed E-state index contributed by atoms with van der Waals surface area (Å²) in [6, 6.07) is 9.32. The van der Waals surface area contributed by atoms with Gasteiger partial charge in [0.25, 0.3) is 0 Å². The van der Waals surface area contributed by atoms with Gasteiger partial charge >= 0.3 is 0 Å². The lowest BCUT2D eigenvalue weighted by Gasteiger charge is -2.23. The van der Waals surface area contributed by atoms with E-state index in [2.05, 4.69) is 48.1 Å². The Bertz CT molecular complexity index is 1120. The van der Waals surface area contributed by atoms with Gasteiger partial charge in [0.05, 0.1) is 11.1 Å². The van der Waals surface area contributed by atoms with Crippen LogP contribution in [0.5, 0.6) is 11.5 Å². The monoisotopic (exact) mass is 410 g/mol. The van der Waals surface area contributed by atoms with Crippen molar-refractivity contribution in [3.63, 3.8) is 0 Å². The van der Waals surface area contributed by atoms with Crippen LogP contribution in [0.1, 0.15) is 29.3 Å². The second kappa shape index (κ2) is 8.13. The van der Waals surface area contributed by atoms with Gasteiger partial charge in [0.1, 0.15) is 11.5 Å². The smallest absolute Gasteiger partial charge is 0.164 e. The molecule has 0 atom stereocenters. The van der Waals surface area contributed by atoms with Crippen molar-refractivity contribution >= 4 is 40.1 Å². The number of nitrogens with zero attached hydrogens (tertiary/aromatic N) is 3. The number of rotatable bonds is 5. The zero-order chi connectivity index (χ0) is 21.3. The van der Waals surface area contributed by atoms with E-state index < -0.39 is 0 Å². The topological polar surface area (TPSA) is 73.0 Å². The van der Waals surface area contributed by atoms with Crippen LogP contribution in [-0.2, 0) is 13.5 Å². The van der Waals surface area contributed by atoms with Crippen LogP contribution >= 0.6 is 12.2 Å². The molecule has 1 heterocycles. The van der Waals surface area contributed by atoms with Gasteiger partial charge in [0.2, 0.25) is 0 Å². The lowest BCUT2D eigenvalue weighted by Crippen LogP contribution is -2.29. The lowest BCUT2D eigenvalue weighted by atomic mass is 10.0. The number of phenolic OH excluding ortho intramolecular Hbond substituents is 2. The van der Waals surface area contributed by atoms with Gasteiger partial charge in [0.15, 0.2) is 5.84 Å². The number of hydrogen-bond donors (Lipinski definition) is 3. The molecule has 3 aromatic rings. The molecule has 0 spiro atoms. The van der Waals surface area contributed by atoms with E-state index in [-0.39, 0.29) is 11.5 Å². The zero-order valence-electron chi connectivity index (χ0n) is 17.3. The second-order valence-electron chi connectivity index (χ2n) is 7.06. The molecule has 7 heteroatoms. The summed E-state index contributed by atoms with van der Waals surface area (Å²) in [5, 5.41) is 26.1. The summed E-state index contributed by atoms with van der Waals surface area (Å²) in [5.41, 5.74) is 9.77. The standard InChI is InChI=1S/C22H26N4O2S/c1-6-15-9-18(21(28)11-20(15)27)22(24-23-12-29)26(5)16-7-8-19-17(10-16)13(2)14(3)25(19)4/h7-12,27-28H,6H2,1-5H3,(H,23,29). The third kappa shape index (κ3) is 3.65. The van der Waals surface area contributed by atoms with E-state index >= 15 is 0 Å². The van der Waals surface area contributed by atoms with Crippen LogP contribution in [0.4, 0.5) is 5.69 Å². The predicted molar refractivity (Wildman–Crippen MR) is 123 cm³/mol. The van der Waals surface area contributed by atoms with E-state index in [9.17, 15) is 10.2 Å². The van der Waals surface area contributed by atoms with Crippen LogP contribution in [0.25, 0.3) is 10.9 Å². The van der Waals surface area contributed by atoms with Gasteiger partial charge in [-0.15, -0.1) is 0 Å². The molecule has 29 heavy (non-hydrogen) atoms. The molecule has 0 amide bonds. The SMILES string of the molecule is CCc1cc(C(=NNC=S)N(C)c2ccc3c(c2)c(C)c(C)n3C)c(O)cc1O. The summed E-state index contributed by atoms with van der Waals surface area (Å²) in [7, 11) is 3.94. The van der Waals surface area contributed by atoms with Crippen molar-refractivity contribution in [3.05, 3.63) is 52.7 Å². The fourth-order valence-corrected chi connectivity index (χ4v) is 3.62. The molecule has 0 bridgehead atoms. The number of thiocarbonyl (C=S) groups is 1. The summed E-state index contributed by atoms with van der Waals surface area (Å²) >= 11 is 4.86. The third-order valence-corrected chi connectivity index (χ3v) is 5.64. The number of fused-ring (bicyclic) bond motifs is 1. The Hall–Kier alpha value is -3.06. The molecule has 0 saturated heterocycles. The van der Waals surface area contributed by atoms with Crippen LogP contribution in [0, 0.1) is 13.8 Å². The van der Waals surface area contributed by atoms with Crippen LogP contribution in [0.3, 0.4) is 0 Å². The van der Waals surface area contributed by atoms with Crippen molar-refractivity contribution in [2.75, 3.05) is 11.9 Å². The van der Waals surface area contributed by atoms with Crippen LogP contribution < -0.4 is 10.3 Å². The van der Waals surface area contributed by atoms with Gasteiger partial charge in [-0.1, -0.05) is 19.1 Å². The zero-order valence-corrected chi connectivity index (χ0v) is 18.1. The molecular formula is C22H26N4O2S. The molecule has 0 aliphatic rings. The van der Waals surface area contributed by atoms with Gasteiger partial charge in [0, 0.05) is 42.4 Å². The first-order valence-corrected chi connectivity index (χ1v) is 9.88. The van der Waals surface area contributed by atoms with E-state index in [1.807, 2.05) is 24.9 Å². The Morgan fingerprint density at radius 1 is 1.21 bits per heavy atom. The molecule has 6 nitrogen and oxygen atoms in total. The number of nitrogens with one attached hydrogen (secondary N) is 1. The Kier molecular flexibility index (Phi) is 5.79. The summed E-state index contributed by atoms with van der Waals surface area (Å²) in [6.07, 6.45) is 0.630. The predicted octanol–water partition coefficient (Wildman–Crippen LogP) is 4.11. The summed E-state index contributed by atoms with van der Waals surface area (Å²) in [5.74, 6) is 0.502. The minimum Gasteiger partial charge on any atom is -0.508 e. The van der Waals surface area contributed by atoms with Crippen LogP contribution in [0.2, 0.25) is 0 Å². The average Bonchev–Trinajstić information content (AvgIpc) is 2.93. The number of hydrogen-bond acceptors (Lipinski definition) is 4. The molecule has 0 radical (unpaired) electrons. The number of benzene rings is 2. The summed E-state index contributed by atoms with van der Waals surface area (Å²) < 4.78 is 2.18. The van der Waals surface area contributed by atoms with E-state index in [4.69, 9.17) is 12.2 Å². The molecule has 0 fully saturated rings. The molecule has 0 aliphatic carbocycles. The molecule has 2 aromatic carbocycles.